The topological polar surface area (TPSA) is 47.5 Å². The van der Waals surface area contributed by atoms with Crippen LogP contribution in [0.4, 0.5) is 0 Å². The molecule has 0 aliphatic rings. The zero-order chi connectivity index (χ0) is 43.8. The Kier molecular flexibility index (Phi) is 10.1. The van der Waals surface area contributed by atoms with Crippen LogP contribution in [-0.4, -0.2) is 23.8 Å². The number of aryl methyl sites for hydroxylation is 4. The van der Waals surface area contributed by atoms with E-state index in [1.54, 1.807) is 0 Å². The van der Waals surface area contributed by atoms with Crippen LogP contribution >= 0.6 is 0 Å². The molecule has 0 amide bonds. The Labute approximate surface area is 384 Å². The van der Waals surface area contributed by atoms with E-state index in [0.29, 0.717) is 0 Å². The van der Waals surface area contributed by atoms with Crippen LogP contribution in [0, 0.1) is 0 Å². The predicted octanol–water partition coefficient (Wildman–Crippen LogP) is 14.6. The van der Waals surface area contributed by atoms with E-state index in [1.165, 1.54) is 82.7 Å². The molecule has 5 heterocycles. The van der Waals surface area contributed by atoms with Gasteiger partial charge in [-0.25, -0.2) is 9.97 Å². The lowest BCUT2D eigenvalue weighted by Crippen LogP contribution is -1.98. The van der Waals surface area contributed by atoms with Gasteiger partial charge in [-0.1, -0.05) is 158 Å². The van der Waals surface area contributed by atoms with Gasteiger partial charge >= 0.3 is 0 Å². The molecular weight excluding hydrogens is 803 g/mol. The third kappa shape index (κ3) is 7.71. The number of nitrogens with zero attached hydrogens (tertiary/aromatic N) is 5. The number of rotatable bonds is 11. The number of pyridine rings is 3. The van der Waals surface area contributed by atoms with Gasteiger partial charge in [0.2, 0.25) is 0 Å². The molecule has 12 rings (SSSR count). The highest BCUT2D eigenvalue weighted by Gasteiger charge is 2.13. The quantitative estimate of drug-likeness (QED) is 0.130. The molecule has 5 aromatic heterocycles. The molecule has 0 N–H and O–H groups in total. The largest absolute Gasteiger partial charge is 0.307 e. The van der Waals surface area contributed by atoms with Crippen LogP contribution in [0.25, 0.3) is 88.6 Å². The summed E-state index contributed by atoms with van der Waals surface area (Å²) in [6, 6.07) is 66.7. The summed E-state index contributed by atoms with van der Waals surface area (Å²) in [6.07, 6.45) is 17.6. The Hall–Kier alpha value is -8.41. The van der Waals surface area contributed by atoms with Crippen molar-refractivity contribution in [2.24, 2.45) is 0 Å². The Morgan fingerprint density at radius 1 is 0.303 bits per heavy atom. The fourth-order valence-corrected chi connectivity index (χ4v) is 9.67. The standard InChI is InChI=1S/C61H45N5/c1-2-6-46(7-3-1)47-16-18-48(19-17-47)51-26-29-62-59(41-51)50-22-20-49(21-23-50)55-8-4-5-9-56(55)54-39-44(12-10-42-14-24-57-52(37-42)27-32-65-34-30-63-60(57)65)36-45(40-54)13-11-43-15-25-58-53(38-43)28-33-66-35-31-64-61(58)66/h1-9,14-41H,10-13H2. The fourth-order valence-electron chi connectivity index (χ4n) is 9.67. The summed E-state index contributed by atoms with van der Waals surface area (Å²) >= 11 is 0. The van der Waals surface area contributed by atoms with E-state index in [-0.39, 0.29) is 0 Å². The van der Waals surface area contributed by atoms with Crippen LogP contribution in [0.2, 0.25) is 0 Å². The highest BCUT2D eigenvalue weighted by Crippen LogP contribution is 2.36. The Balaban J connectivity index is 0.840. The average Bonchev–Trinajstić information content (AvgIpc) is 4.09. The molecule has 7 aromatic carbocycles. The van der Waals surface area contributed by atoms with Crippen LogP contribution in [0.1, 0.15) is 22.3 Å². The summed E-state index contributed by atoms with van der Waals surface area (Å²) in [7, 11) is 0. The molecular formula is C61H45N5. The molecule has 5 nitrogen and oxygen atoms in total. The fraction of sp³-hybridized carbons (Fsp3) is 0.0656. The van der Waals surface area contributed by atoms with Gasteiger partial charge in [0.1, 0.15) is 11.3 Å². The highest BCUT2D eigenvalue weighted by atomic mass is 15.0. The van der Waals surface area contributed by atoms with Crippen molar-refractivity contribution in [1.29, 1.82) is 0 Å². The van der Waals surface area contributed by atoms with Gasteiger partial charge in [-0.3, -0.25) is 4.98 Å². The summed E-state index contributed by atoms with van der Waals surface area (Å²) in [5.74, 6) is 0. The molecule has 314 valence electrons. The van der Waals surface area contributed by atoms with Crippen LogP contribution in [0.3, 0.4) is 0 Å². The highest BCUT2D eigenvalue weighted by molar-refractivity contribution is 5.95. The molecule has 0 spiro atoms. The molecule has 5 heteroatoms. The minimum Gasteiger partial charge on any atom is -0.307 e. The molecule has 0 bridgehead atoms. The average molecular weight is 848 g/mol. The van der Waals surface area contributed by atoms with E-state index in [0.717, 1.165) is 53.8 Å². The Morgan fingerprint density at radius 2 is 0.803 bits per heavy atom. The van der Waals surface area contributed by atoms with Gasteiger partial charge in [0.05, 0.1) is 5.69 Å². The lowest BCUT2D eigenvalue weighted by Gasteiger charge is -2.15. The number of imidazole rings is 2. The summed E-state index contributed by atoms with van der Waals surface area (Å²) in [4.78, 5) is 14.0. The van der Waals surface area contributed by atoms with Crippen molar-refractivity contribution in [2.75, 3.05) is 0 Å². The zero-order valence-corrected chi connectivity index (χ0v) is 36.4. The number of fused-ring (bicyclic) bond motifs is 6. The zero-order valence-electron chi connectivity index (χ0n) is 36.4. The lowest BCUT2D eigenvalue weighted by molar-refractivity contribution is 0.933. The van der Waals surface area contributed by atoms with Crippen LogP contribution < -0.4 is 0 Å². The lowest BCUT2D eigenvalue weighted by atomic mass is 9.89. The molecule has 0 radical (unpaired) electrons. The summed E-state index contributed by atoms with van der Waals surface area (Å²) < 4.78 is 4.17. The summed E-state index contributed by atoms with van der Waals surface area (Å²) in [5, 5.41) is 4.80. The van der Waals surface area contributed by atoms with Crippen molar-refractivity contribution < 1.29 is 0 Å². The second-order valence-corrected chi connectivity index (χ2v) is 17.3. The second-order valence-electron chi connectivity index (χ2n) is 17.3. The number of benzene rings is 7. The van der Waals surface area contributed by atoms with Gasteiger partial charge in [-0.05, 0) is 127 Å². The van der Waals surface area contributed by atoms with Crippen molar-refractivity contribution >= 4 is 32.8 Å². The molecule has 0 aliphatic heterocycles. The van der Waals surface area contributed by atoms with Crippen LogP contribution in [-0.2, 0) is 25.7 Å². The molecule has 0 saturated carbocycles. The first-order chi connectivity index (χ1) is 32.6. The van der Waals surface area contributed by atoms with Gasteiger partial charge in [-0.2, -0.15) is 0 Å². The van der Waals surface area contributed by atoms with Crippen molar-refractivity contribution in [3.05, 3.63) is 248 Å². The van der Waals surface area contributed by atoms with Gasteiger partial charge in [-0.15, -0.1) is 0 Å². The minimum atomic E-state index is 0.939. The smallest absolute Gasteiger partial charge is 0.144 e. The SMILES string of the molecule is c1ccc(-c2ccc(-c3ccnc(-c4ccc(-c5ccccc5-c5cc(CCc6ccc7c(ccn8ccnc78)c6)cc(CCc6ccc7c(ccn8ccnc78)c6)c5)cc4)c3)cc2)cc1. The van der Waals surface area contributed by atoms with Crippen LogP contribution in [0.5, 0.6) is 0 Å². The normalized spacial score (nSPS) is 11.6. The molecule has 0 fully saturated rings. The van der Waals surface area contributed by atoms with Crippen molar-refractivity contribution in [2.45, 2.75) is 25.7 Å². The van der Waals surface area contributed by atoms with E-state index in [2.05, 4.69) is 213 Å². The van der Waals surface area contributed by atoms with E-state index in [1.807, 2.05) is 31.0 Å². The molecule has 0 aliphatic carbocycles. The second kappa shape index (κ2) is 16.9. The van der Waals surface area contributed by atoms with E-state index >= 15 is 0 Å². The van der Waals surface area contributed by atoms with Gasteiger partial charge < -0.3 is 8.80 Å². The van der Waals surface area contributed by atoms with E-state index in [9.17, 15) is 0 Å². The third-order valence-electron chi connectivity index (χ3n) is 13.2. The van der Waals surface area contributed by atoms with Crippen LogP contribution in [0.15, 0.2) is 225 Å². The molecule has 0 atom stereocenters. The predicted molar refractivity (Wildman–Crippen MR) is 272 cm³/mol. The Morgan fingerprint density at radius 3 is 1.41 bits per heavy atom. The van der Waals surface area contributed by atoms with Crippen molar-refractivity contribution in [3.63, 3.8) is 0 Å². The van der Waals surface area contributed by atoms with Gasteiger partial charge in [0, 0.05) is 59.7 Å². The minimum absolute atomic E-state index is 0.939. The van der Waals surface area contributed by atoms with Gasteiger partial charge in [0.15, 0.2) is 0 Å². The summed E-state index contributed by atoms with van der Waals surface area (Å²) in [5.41, 5.74) is 19.0. The maximum absolute atomic E-state index is 4.81. The maximum atomic E-state index is 4.81. The molecule has 66 heavy (non-hydrogen) atoms. The molecule has 0 unspecified atom stereocenters. The number of hydrogen-bond donors (Lipinski definition) is 0. The third-order valence-corrected chi connectivity index (χ3v) is 13.2. The first-order valence-electron chi connectivity index (χ1n) is 22.8. The summed E-state index contributed by atoms with van der Waals surface area (Å²) in [6.45, 7) is 0. The van der Waals surface area contributed by atoms with E-state index in [4.69, 9.17) is 4.98 Å². The number of aromatic nitrogens is 5. The van der Waals surface area contributed by atoms with Crippen molar-refractivity contribution in [1.82, 2.24) is 23.8 Å². The Bertz CT molecular complexity index is 3560. The van der Waals surface area contributed by atoms with Gasteiger partial charge in [0.25, 0.3) is 0 Å². The molecule has 12 aromatic rings. The van der Waals surface area contributed by atoms with Crippen molar-refractivity contribution in [3.8, 4) is 55.8 Å². The monoisotopic (exact) mass is 847 g/mol. The number of hydrogen-bond acceptors (Lipinski definition) is 3. The first kappa shape index (κ1) is 39.2. The molecule has 0 saturated heterocycles. The maximum Gasteiger partial charge on any atom is 0.144 e. The first-order valence-corrected chi connectivity index (χ1v) is 22.8. The van der Waals surface area contributed by atoms with E-state index < -0.39 is 0 Å².